The monoisotopic (exact) mass is 259 g/mol. The molecule has 0 aliphatic heterocycles. The first kappa shape index (κ1) is 15.5. The van der Waals surface area contributed by atoms with Gasteiger partial charge in [0.25, 0.3) is 0 Å². The van der Waals surface area contributed by atoms with Crippen LogP contribution >= 0.6 is 0 Å². The summed E-state index contributed by atoms with van der Waals surface area (Å²) < 4.78 is 0. The number of nitrogens with two attached hydrogens (primary N) is 1. The summed E-state index contributed by atoms with van der Waals surface area (Å²) in [4.78, 5) is 2.39. The van der Waals surface area contributed by atoms with Crippen LogP contribution in [-0.2, 0) is 0 Å². The van der Waals surface area contributed by atoms with E-state index in [4.69, 9.17) is 11.0 Å². The molecule has 104 valence electrons. The van der Waals surface area contributed by atoms with E-state index in [1.807, 2.05) is 6.07 Å². The standard InChI is InChI=1S/C16H25N3/c1-3-4-12-19(15-9-6-5-7-10-15)13-8-11-16(2,18)14-17/h5-7,9-10H,3-4,8,11-13,18H2,1-2H3. The third-order valence-electron chi connectivity index (χ3n) is 3.28. The largest absolute Gasteiger partial charge is 0.372 e. The van der Waals surface area contributed by atoms with Crippen LogP contribution < -0.4 is 10.6 Å². The molecule has 0 fully saturated rings. The number of nitrogens with zero attached hydrogens (tertiary/aromatic N) is 2. The van der Waals surface area contributed by atoms with E-state index in [-0.39, 0.29) is 0 Å². The number of unbranched alkanes of at least 4 members (excludes halogenated alkanes) is 1. The minimum atomic E-state index is -0.701. The second kappa shape index (κ2) is 7.81. The molecule has 3 heteroatoms. The Morgan fingerprint density at radius 3 is 2.42 bits per heavy atom. The van der Waals surface area contributed by atoms with Crippen LogP contribution in [0.25, 0.3) is 0 Å². The third-order valence-corrected chi connectivity index (χ3v) is 3.28. The number of benzene rings is 1. The lowest BCUT2D eigenvalue weighted by atomic mass is 9.99. The van der Waals surface area contributed by atoms with Crippen molar-refractivity contribution in [2.75, 3.05) is 18.0 Å². The van der Waals surface area contributed by atoms with Crippen LogP contribution in [0.4, 0.5) is 5.69 Å². The van der Waals surface area contributed by atoms with Gasteiger partial charge in [0.2, 0.25) is 0 Å². The molecule has 1 rings (SSSR count). The van der Waals surface area contributed by atoms with E-state index in [2.05, 4.69) is 42.2 Å². The summed E-state index contributed by atoms with van der Waals surface area (Å²) in [6, 6.07) is 12.6. The lowest BCUT2D eigenvalue weighted by Gasteiger charge is -2.26. The summed E-state index contributed by atoms with van der Waals surface area (Å²) >= 11 is 0. The van der Waals surface area contributed by atoms with E-state index in [0.29, 0.717) is 0 Å². The van der Waals surface area contributed by atoms with Crippen molar-refractivity contribution in [3.63, 3.8) is 0 Å². The molecular weight excluding hydrogens is 234 g/mol. The van der Waals surface area contributed by atoms with E-state index in [9.17, 15) is 0 Å². The predicted octanol–water partition coefficient (Wildman–Crippen LogP) is 3.31. The van der Waals surface area contributed by atoms with Crippen molar-refractivity contribution in [2.45, 2.75) is 45.1 Å². The minimum absolute atomic E-state index is 0.701. The molecule has 0 spiro atoms. The van der Waals surface area contributed by atoms with Crippen molar-refractivity contribution >= 4 is 5.69 Å². The predicted molar refractivity (Wildman–Crippen MR) is 81.0 cm³/mol. The fraction of sp³-hybridized carbons (Fsp3) is 0.562. The van der Waals surface area contributed by atoms with Crippen molar-refractivity contribution in [3.05, 3.63) is 30.3 Å². The SMILES string of the molecule is CCCCN(CCCC(C)(N)C#N)c1ccccc1. The molecule has 2 N–H and O–H groups in total. The van der Waals surface area contributed by atoms with E-state index < -0.39 is 5.54 Å². The van der Waals surface area contributed by atoms with Gasteiger partial charge in [-0.15, -0.1) is 0 Å². The van der Waals surface area contributed by atoms with Gasteiger partial charge in [0.15, 0.2) is 0 Å². The summed E-state index contributed by atoms with van der Waals surface area (Å²) in [5, 5.41) is 8.93. The molecule has 1 unspecified atom stereocenters. The van der Waals surface area contributed by atoms with Gasteiger partial charge >= 0.3 is 0 Å². The summed E-state index contributed by atoms with van der Waals surface area (Å²) in [5.74, 6) is 0. The Morgan fingerprint density at radius 2 is 1.84 bits per heavy atom. The molecule has 3 nitrogen and oxygen atoms in total. The molecule has 19 heavy (non-hydrogen) atoms. The van der Waals surface area contributed by atoms with Gasteiger partial charge in [-0.2, -0.15) is 5.26 Å². The number of para-hydroxylation sites is 1. The molecule has 0 aromatic heterocycles. The zero-order chi connectivity index (χ0) is 14.1. The highest BCUT2D eigenvalue weighted by molar-refractivity contribution is 5.45. The van der Waals surface area contributed by atoms with Crippen LogP contribution in [0, 0.1) is 11.3 Å². The van der Waals surface area contributed by atoms with Crippen LogP contribution in [0.2, 0.25) is 0 Å². The first-order valence-corrected chi connectivity index (χ1v) is 7.09. The van der Waals surface area contributed by atoms with Gasteiger partial charge in [0.1, 0.15) is 5.54 Å². The summed E-state index contributed by atoms with van der Waals surface area (Å²) in [5.41, 5.74) is 6.42. The fourth-order valence-corrected chi connectivity index (χ4v) is 2.05. The topological polar surface area (TPSA) is 53.0 Å². The maximum absolute atomic E-state index is 8.93. The van der Waals surface area contributed by atoms with Gasteiger partial charge in [0.05, 0.1) is 6.07 Å². The molecule has 1 atom stereocenters. The molecule has 0 saturated carbocycles. The molecule has 1 aromatic rings. The molecule has 0 radical (unpaired) electrons. The zero-order valence-electron chi connectivity index (χ0n) is 12.1. The molecule has 0 saturated heterocycles. The Morgan fingerprint density at radius 1 is 1.21 bits per heavy atom. The van der Waals surface area contributed by atoms with E-state index in [1.54, 1.807) is 6.92 Å². The average Bonchev–Trinajstić information content (AvgIpc) is 2.43. The van der Waals surface area contributed by atoms with Crippen molar-refractivity contribution in [2.24, 2.45) is 5.73 Å². The van der Waals surface area contributed by atoms with Gasteiger partial charge in [-0.3, -0.25) is 0 Å². The summed E-state index contributed by atoms with van der Waals surface area (Å²) in [7, 11) is 0. The maximum atomic E-state index is 8.93. The quantitative estimate of drug-likeness (QED) is 0.779. The van der Waals surface area contributed by atoms with Crippen molar-refractivity contribution in [3.8, 4) is 6.07 Å². The molecule has 0 amide bonds. The van der Waals surface area contributed by atoms with E-state index in [1.165, 1.54) is 18.5 Å². The van der Waals surface area contributed by atoms with Crippen molar-refractivity contribution < 1.29 is 0 Å². The normalized spacial score (nSPS) is 13.6. The van der Waals surface area contributed by atoms with Crippen LogP contribution in [0.5, 0.6) is 0 Å². The number of nitriles is 1. The van der Waals surface area contributed by atoms with Gasteiger partial charge < -0.3 is 10.6 Å². The van der Waals surface area contributed by atoms with Gasteiger partial charge in [0, 0.05) is 18.8 Å². The molecule has 0 aliphatic rings. The minimum Gasteiger partial charge on any atom is -0.372 e. The number of rotatable bonds is 8. The zero-order valence-corrected chi connectivity index (χ0v) is 12.1. The van der Waals surface area contributed by atoms with Crippen LogP contribution in [0.15, 0.2) is 30.3 Å². The highest BCUT2D eigenvalue weighted by atomic mass is 15.1. The number of hydrogen-bond donors (Lipinski definition) is 1. The second-order valence-corrected chi connectivity index (χ2v) is 5.31. The van der Waals surface area contributed by atoms with E-state index >= 15 is 0 Å². The first-order chi connectivity index (χ1) is 9.09. The molecule has 1 aromatic carbocycles. The first-order valence-electron chi connectivity index (χ1n) is 7.09. The lowest BCUT2D eigenvalue weighted by Crippen LogP contribution is -2.35. The van der Waals surface area contributed by atoms with Crippen LogP contribution in [-0.4, -0.2) is 18.6 Å². The lowest BCUT2D eigenvalue weighted by molar-refractivity contribution is 0.516. The average molecular weight is 259 g/mol. The van der Waals surface area contributed by atoms with E-state index in [0.717, 1.165) is 25.9 Å². The smallest absolute Gasteiger partial charge is 0.101 e. The van der Waals surface area contributed by atoms with Crippen molar-refractivity contribution in [1.82, 2.24) is 0 Å². The fourth-order valence-electron chi connectivity index (χ4n) is 2.05. The van der Waals surface area contributed by atoms with Gasteiger partial charge in [-0.1, -0.05) is 31.5 Å². The second-order valence-electron chi connectivity index (χ2n) is 5.31. The molecule has 0 heterocycles. The highest BCUT2D eigenvalue weighted by Gasteiger charge is 2.17. The number of hydrogen-bond acceptors (Lipinski definition) is 3. The Hall–Kier alpha value is -1.53. The summed E-state index contributed by atoms with van der Waals surface area (Å²) in [6.07, 6.45) is 4.06. The molecule has 0 bridgehead atoms. The molecular formula is C16H25N3. The van der Waals surface area contributed by atoms with Gasteiger partial charge in [-0.05, 0) is 38.3 Å². The van der Waals surface area contributed by atoms with Crippen LogP contribution in [0.3, 0.4) is 0 Å². The highest BCUT2D eigenvalue weighted by Crippen LogP contribution is 2.16. The Balaban J connectivity index is 2.54. The Labute approximate surface area is 117 Å². The number of anilines is 1. The Bertz CT molecular complexity index is 392. The Kier molecular flexibility index (Phi) is 6.38. The summed E-state index contributed by atoms with van der Waals surface area (Å²) in [6.45, 7) is 6.02. The van der Waals surface area contributed by atoms with Crippen molar-refractivity contribution in [1.29, 1.82) is 5.26 Å². The van der Waals surface area contributed by atoms with Crippen LogP contribution in [0.1, 0.15) is 39.5 Å². The third kappa shape index (κ3) is 5.76. The molecule has 0 aliphatic carbocycles. The maximum Gasteiger partial charge on any atom is 0.101 e. The van der Waals surface area contributed by atoms with Gasteiger partial charge in [-0.25, -0.2) is 0 Å².